The number of allylic oxidation sites excluding steroid dienone is 1. The zero-order valence-corrected chi connectivity index (χ0v) is 12.8. The molecule has 0 saturated heterocycles. The summed E-state index contributed by atoms with van der Waals surface area (Å²) >= 11 is 0. The Balaban J connectivity index is 2.05. The molecule has 0 spiro atoms. The summed E-state index contributed by atoms with van der Waals surface area (Å²) in [6.07, 6.45) is 4.27. The van der Waals surface area contributed by atoms with Crippen molar-refractivity contribution in [1.82, 2.24) is 0 Å². The maximum Gasteiger partial charge on any atom is 0.245 e. The molecule has 0 unspecified atom stereocenters. The summed E-state index contributed by atoms with van der Waals surface area (Å²) in [5.74, 6) is -4.34. The molecule has 0 N–H and O–H groups in total. The van der Waals surface area contributed by atoms with Gasteiger partial charge >= 0.3 is 0 Å². The zero-order valence-electron chi connectivity index (χ0n) is 12.8. The average Bonchev–Trinajstić information content (AvgIpc) is 2.44. The topological polar surface area (TPSA) is 0 Å². The molecule has 1 aliphatic carbocycles. The van der Waals surface area contributed by atoms with Crippen LogP contribution in [0.1, 0.15) is 56.1 Å². The number of rotatable bonds is 5. The molecule has 1 fully saturated rings. The first-order valence-electron chi connectivity index (χ1n) is 7.77. The van der Waals surface area contributed by atoms with Gasteiger partial charge in [-0.15, -0.1) is 6.58 Å². The molecular formula is C18H22F4. The summed E-state index contributed by atoms with van der Waals surface area (Å²) in [6, 6.07) is 3.23. The Bertz CT molecular complexity index is 523. The second-order valence-corrected chi connectivity index (χ2v) is 6.43. The molecule has 0 aromatic heterocycles. The van der Waals surface area contributed by atoms with E-state index in [0.29, 0.717) is 43.2 Å². The van der Waals surface area contributed by atoms with Gasteiger partial charge in [-0.1, -0.05) is 18.2 Å². The highest BCUT2D eigenvalue weighted by atomic mass is 19.3. The summed E-state index contributed by atoms with van der Waals surface area (Å²) in [5, 5.41) is 0. The molecule has 0 bridgehead atoms. The van der Waals surface area contributed by atoms with Crippen LogP contribution in [0.15, 0.2) is 24.8 Å². The van der Waals surface area contributed by atoms with E-state index >= 15 is 0 Å². The van der Waals surface area contributed by atoms with Crippen LogP contribution in [0.25, 0.3) is 0 Å². The van der Waals surface area contributed by atoms with Crippen LogP contribution in [0.5, 0.6) is 0 Å². The molecule has 122 valence electrons. The van der Waals surface area contributed by atoms with Crippen molar-refractivity contribution in [3.8, 4) is 0 Å². The fourth-order valence-corrected chi connectivity index (χ4v) is 3.42. The van der Waals surface area contributed by atoms with Gasteiger partial charge in [0, 0.05) is 6.42 Å². The third-order valence-electron chi connectivity index (χ3n) is 4.49. The highest BCUT2D eigenvalue weighted by Gasteiger charge is 2.31. The molecule has 0 heterocycles. The molecular weight excluding hydrogens is 292 g/mol. The van der Waals surface area contributed by atoms with Crippen LogP contribution < -0.4 is 0 Å². The van der Waals surface area contributed by atoms with E-state index in [2.05, 4.69) is 6.58 Å². The first-order valence-corrected chi connectivity index (χ1v) is 7.77. The van der Waals surface area contributed by atoms with E-state index in [1.807, 2.05) is 0 Å². The third-order valence-corrected chi connectivity index (χ3v) is 4.49. The number of hydrogen-bond donors (Lipinski definition) is 0. The van der Waals surface area contributed by atoms with E-state index in [1.165, 1.54) is 6.08 Å². The van der Waals surface area contributed by atoms with Crippen LogP contribution in [0.4, 0.5) is 17.6 Å². The van der Waals surface area contributed by atoms with Gasteiger partial charge < -0.3 is 0 Å². The van der Waals surface area contributed by atoms with Crippen LogP contribution in [0.3, 0.4) is 0 Å². The Morgan fingerprint density at radius 3 is 2.32 bits per heavy atom. The van der Waals surface area contributed by atoms with Crippen molar-refractivity contribution in [3.05, 3.63) is 47.5 Å². The quantitative estimate of drug-likeness (QED) is 0.461. The fourth-order valence-electron chi connectivity index (χ4n) is 3.42. The molecule has 0 radical (unpaired) electrons. The molecule has 2 rings (SSSR count). The van der Waals surface area contributed by atoms with Crippen LogP contribution in [-0.4, -0.2) is 5.92 Å². The van der Waals surface area contributed by atoms with Crippen molar-refractivity contribution >= 4 is 0 Å². The first kappa shape index (κ1) is 17.0. The molecule has 0 aliphatic heterocycles. The van der Waals surface area contributed by atoms with Crippen molar-refractivity contribution in [2.45, 2.75) is 57.3 Å². The zero-order chi connectivity index (χ0) is 16.3. The summed E-state index contributed by atoms with van der Waals surface area (Å²) in [5.41, 5.74) is 0.683. The first-order chi connectivity index (χ1) is 10.3. The smallest absolute Gasteiger partial charge is 0.207 e. The van der Waals surface area contributed by atoms with Gasteiger partial charge in [0.2, 0.25) is 5.92 Å². The second kappa shape index (κ2) is 6.84. The second-order valence-electron chi connectivity index (χ2n) is 6.43. The van der Waals surface area contributed by atoms with Crippen molar-refractivity contribution in [2.75, 3.05) is 0 Å². The Morgan fingerprint density at radius 1 is 1.14 bits per heavy atom. The number of hydrogen-bond acceptors (Lipinski definition) is 0. The average molecular weight is 314 g/mol. The van der Waals surface area contributed by atoms with Crippen LogP contribution in [0, 0.1) is 17.6 Å². The van der Waals surface area contributed by atoms with E-state index in [-0.39, 0.29) is 18.3 Å². The molecule has 1 aliphatic rings. The lowest BCUT2D eigenvalue weighted by atomic mass is 9.76. The van der Waals surface area contributed by atoms with Gasteiger partial charge in [0.25, 0.3) is 0 Å². The summed E-state index contributed by atoms with van der Waals surface area (Å²) in [4.78, 5) is 0. The molecule has 1 aromatic rings. The summed E-state index contributed by atoms with van der Waals surface area (Å²) in [7, 11) is 0. The number of benzene rings is 1. The molecule has 1 saturated carbocycles. The predicted molar refractivity (Wildman–Crippen MR) is 80.2 cm³/mol. The predicted octanol–water partition coefficient (Wildman–Crippen LogP) is 6.01. The minimum Gasteiger partial charge on any atom is -0.207 e. The lowest BCUT2D eigenvalue weighted by Crippen LogP contribution is -2.21. The Labute approximate surface area is 129 Å². The Kier molecular flexibility index (Phi) is 5.30. The molecule has 0 nitrogen and oxygen atoms in total. The largest absolute Gasteiger partial charge is 0.245 e. The lowest BCUT2D eigenvalue weighted by Gasteiger charge is -2.30. The van der Waals surface area contributed by atoms with Gasteiger partial charge in [0.15, 0.2) is 11.6 Å². The molecule has 22 heavy (non-hydrogen) atoms. The van der Waals surface area contributed by atoms with Crippen molar-refractivity contribution in [1.29, 1.82) is 0 Å². The van der Waals surface area contributed by atoms with E-state index in [0.717, 1.165) is 6.92 Å². The van der Waals surface area contributed by atoms with Crippen molar-refractivity contribution in [2.24, 2.45) is 5.92 Å². The van der Waals surface area contributed by atoms with Crippen molar-refractivity contribution in [3.63, 3.8) is 0 Å². The van der Waals surface area contributed by atoms with Gasteiger partial charge in [-0.3, -0.25) is 0 Å². The van der Waals surface area contributed by atoms with Crippen molar-refractivity contribution < 1.29 is 17.6 Å². The van der Waals surface area contributed by atoms with Crippen LogP contribution in [-0.2, 0) is 6.42 Å². The van der Waals surface area contributed by atoms with E-state index in [1.54, 1.807) is 12.1 Å². The summed E-state index contributed by atoms with van der Waals surface area (Å²) in [6.45, 7) is 4.46. The maximum absolute atomic E-state index is 14.2. The molecule has 0 amide bonds. The number of halogens is 4. The van der Waals surface area contributed by atoms with Gasteiger partial charge in [-0.05, 0) is 62.0 Å². The third kappa shape index (κ3) is 4.11. The summed E-state index contributed by atoms with van der Waals surface area (Å²) < 4.78 is 54.3. The van der Waals surface area contributed by atoms with Crippen LogP contribution in [0.2, 0.25) is 0 Å². The molecule has 1 aromatic carbocycles. The highest BCUT2D eigenvalue weighted by Crippen LogP contribution is 2.41. The molecule has 4 heteroatoms. The minimum absolute atomic E-state index is 0.0239. The highest BCUT2D eigenvalue weighted by molar-refractivity contribution is 5.30. The van der Waals surface area contributed by atoms with E-state index in [4.69, 9.17) is 0 Å². The maximum atomic E-state index is 14.2. The van der Waals surface area contributed by atoms with Gasteiger partial charge in [-0.2, -0.15) is 0 Å². The Morgan fingerprint density at radius 2 is 1.77 bits per heavy atom. The standard InChI is InChI=1S/C18H22F4/c1-3-4-14-9-10-15(17(20)16(14)19)13-7-5-12(6-8-13)11-18(2,21)22/h3,9-10,12-13H,1,4-8,11H2,2H3. The fraction of sp³-hybridized carbons (Fsp3) is 0.556. The molecule has 0 atom stereocenters. The van der Waals surface area contributed by atoms with Crippen LogP contribution >= 0.6 is 0 Å². The minimum atomic E-state index is -2.65. The van der Waals surface area contributed by atoms with Gasteiger partial charge in [0.05, 0.1) is 0 Å². The lowest BCUT2D eigenvalue weighted by molar-refractivity contribution is -0.00937. The van der Waals surface area contributed by atoms with E-state index < -0.39 is 17.6 Å². The Hall–Kier alpha value is -1.32. The SMILES string of the molecule is C=CCc1ccc(C2CCC(CC(C)(F)F)CC2)c(F)c1F. The van der Waals surface area contributed by atoms with E-state index in [9.17, 15) is 17.6 Å². The van der Waals surface area contributed by atoms with Gasteiger partial charge in [-0.25, -0.2) is 17.6 Å². The normalized spacial score (nSPS) is 22.6. The monoisotopic (exact) mass is 314 g/mol. The number of alkyl halides is 2. The van der Waals surface area contributed by atoms with Gasteiger partial charge in [0.1, 0.15) is 0 Å².